The molecule has 0 unspecified atom stereocenters. The van der Waals surface area contributed by atoms with Gasteiger partial charge in [0.2, 0.25) is 5.91 Å². The molecule has 1 amide bonds. The molecule has 0 aromatic heterocycles. The van der Waals surface area contributed by atoms with Gasteiger partial charge in [-0.1, -0.05) is 6.07 Å². The van der Waals surface area contributed by atoms with E-state index in [1.54, 1.807) is 6.92 Å². The van der Waals surface area contributed by atoms with Gasteiger partial charge in [-0.25, -0.2) is 8.78 Å². The van der Waals surface area contributed by atoms with Gasteiger partial charge in [-0.15, -0.1) is 0 Å². The molecule has 0 bridgehead atoms. The van der Waals surface area contributed by atoms with E-state index in [1.165, 1.54) is 25.1 Å². The Labute approximate surface area is 183 Å². The highest BCUT2D eigenvalue weighted by Gasteiger charge is 2.31. The zero-order valence-corrected chi connectivity index (χ0v) is 17.9. The molecule has 0 radical (unpaired) electrons. The lowest BCUT2D eigenvalue weighted by atomic mass is 10.0. The Kier molecular flexibility index (Phi) is 7.21. The standard InChI is InChI=1S/C24H25F5N2O/c1-15-20(25)12-18(13-21(15)26)16(2)30-23(32)9-7-17-6-8-19(24(27,28)29)14-22(17)31-10-4-3-5-11-31/h6-9,12-14,16H,3-5,10-11H2,1-2H3,(H,30,32)/b9-7+/t16-/m1/s1. The second-order valence-corrected chi connectivity index (χ2v) is 7.99. The summed E-state index contributed by atoms with van der Waals surface area (Å²) in [6.07, 6.45) is 1.03. The largest absolute Gasteiger partial charge is 0.416 e. The summed E-state index contributed by atoms with van der Waals surface area (Å²) in [5.41, 5.74) is 0.363. The van der Waals surface area contributed by atoms with Gasteiger partial charge in [-0.2, -0.15) is 13.2 Å². The highest BCUT2D eigenvalue weighted by Crippen LogP contribution is 2.35. The van der Waals surface area contributed by atoms with Crippen molar-refractivity contribution < 1.29 is 26.7 Å². The SMILES string of the molecule is Cc1c(F)cc([C@@H](C)NC(=O)/C=C/c2ccc(C(F)(F)F)cc2N2CCCCC2)cc1F. The summed E-state index contributed by atoms with van der Waals surface area (Å²) in [7, 11) is 0. The second kappa shape index (κ2) is 9.71. The van der Waals surface area contributed by atoms with Crippen LogP contribution in [0.5, 0.6) is 0 Å². The van der Waals surface area contributed by atoms with Gasteiger partial charge >= 0.3 is 6.18 Å². The van der Waals surface area contributed by atoms with Crippen LogP contribution in [0.2, 0.25) is 0 Å². The number of carbonyl (C=O) groups is 1. The predicted octanol–water partition coefficient (Wildman–Crippen LogP) is 6.17. The molecule has 3 nitrogen and oxygen atoms in total. The van der Waals surface area contributed by atoms with Gasteiger partial charge in [0, 0.05) is 30.4 Å². The molecule has 1 aliphatic rings. The highest BCUT2D eigenvalue weighted by molar-refractivity contribution is 5.93. The number of nitrogens with one attached hydrogen (secondary N) is 1. The van der Waals surface area contributed by atoms with Crippen LogP contribution in [0.3, 0.4) is 0 Å². The minimum Gasteiger partial charge on any atom is -0.371 e. The maximum atomic E-state index is 13.8. The molecule has 1 saturated heterocycles. The molecule has 1 N–H and O–H groups in total. The molecule has 0 spiro atoms. The van der Waals surface area contributed by atoms with Crippen molar-refractivity contribution in [3.63, 3.8) is 0 Å². The fourth-order valence-corrected chi connectivity index (χ4v) is 3.69. The Bertz CT molecular complexity index is 987. The summed E-state index contributed by atoms with van der Waals surface area (Å²) in [6.45, 7) is 4.21. The van der Waals surface area contributed by atoms with E-state index in [2.05, 4.69) is 5.32 Å². The predicted molar refractivity (Wildman–Crippen MR) is 114 cm³/mol. The molecule has 32 heavy (non-hydrogen) atoms. The van der Waals surface area contributed by atoms with E-state index in [4.69, 9.17) is 0 Å². The zero-order valence-electron chi connectivity index (χ0n) is 17.9. The average Bonchev–Trinajstić information content (AvgIpc) is 2.75. The summed E-state index contributed by atoms with van der Waals surface area (Å²) in [4.78, 5) is 14.3. The normalized spacial score (nSPS) is 15.8. The van der Waals surface area contributed by atoms with Gasteiger partial charge in [-0.05, 0) is 74.6 Å². The van der Waals surface area contributed by atoms with Crippen molar-refractivity contribution in [3.05, 3.63) is 70.3 Å². The summed E-state index contributed by atoms with van der Waals surface area (Å²) in [6, 6.07) is 5.12. The van der Waals surface area contributed by atoms with Crippen molar-refractivity contribution in [3.8, 4) is 0 Å². The first kappa shape index (κ1) is 23.8. The Balaban J connectivity index is 1.79. The Morgan fingerprint density at radius 2 is 1.69 bits per heavy atom. The van der Waals surface area contributed by atoms with E-state index in [-0.39, 0.29) is 11.1 Å². The number of nitrogens with zero attached hydrogens (tertiary/aromatic N) is 1. The molecule has 1 aliphatic heterocycles. The van der Waals surface area contributed by atoms with Crippen LogP contribution in [0.25, 0.3) is 6.08 Å². The summed E-state index contributed by atoms with van der Waals surface area (Å²) < 4.78 is 67.2. The van der Waals surface area contributed by atoms with Gasteiger partial charge < -0.3 is 10.2 Å². The minimum atomic E-state index is -4.46. The topological polar surface area (TPSA) is 32.3 Å². The summed E-state index contributed by atoms with van der Waals surface area (Å²) in [5.74, 6) is -1.93. The van der Waals surface area contributed by atoms with Crippen molar-refractivity contribution >= 4 is 17.7 Å². The molecule has 1 fully saturated rings. The van der Waals surface area contributed by atoms with Gasteiger partial charge in [0.25, 0.3) is 0 Å². The van der Waals surface area contributed by atoms with Crippen LogP contribution >= 0.6 is 0 Å². The maximum absolute atomic E-state index is 13.8. The number of rotatable bonds is 5. The Morgan fingerprint density at radius 3 is 2.28 bits per heavy atom. The fourth-order valence-electron chi connectivity index (χ4n) is 3.69. The third-order valence-corrected chi connectivity index (χ3v) is 5.63. The van der Waals surface area contributed by atoms with E-state index in [1.807, 2.05) is 4.90 Å². The first-order valence-electron chi connectivity index (χ1n) is 10.5. The number of hydrogen-bond donors (Lipinski definition) is 1. The van der Waals surface area contributed by atoms with Crippen LogP contribution in [0.15, 0.2) is 36.4 Å². The quantitative estimate of drug-likeness (QED) is 0.435. The molecule has 172 valence electrons. The smallest absolute Gasteiger partial charge is 0.371 e. The van der Waals surface area contributed by atoms with E-state index >= 15 is 0 Å². The molecule has 1 heterocycles. The van der Waals surface area contributed by atoms with Crippen LogP contribution in [-0.4, -0.2) is 19.0 Å². The number of piperidine rings is 1. The van der Waals surface area contributed by atoms with Crippen LogP contribution in [0, 0.1) is 18.6 Å². The molecule has 2 aromatic carbocycles. The number of alkyl halides is 3. The van der Waals surface area contributed by atoms with Crippen molar-refractivity contribution in [1.82, 2.24) is 5.32 Å². The lowest BCUT2D eigenvalue weighted by Crippen LogP contribution is -2.30. The first-order chi connectivity index (χ1) is 15.1. The van der Waals surface area contributed by atoms with E-state index < -0.39 is 35.3 Å². The fraction of sp³-hybridized carbons (Fsp3) is 0.375. The Morgan fingerprint density at radius 1 is 1.06 bits per heavy atom. The molecular formula is C24H25F5N2O. The van der Waals surface area contributed by atoms with Gasteiger partial charge in [0.15, 0.2) is 0 Å². The third kappa shape index (κ3) is 5.66. The van der Waals surface area contributed by atoms with Crippen molar-refractivity contribution in [2.45, 2.75) is 45.3 Å². The van der Waals surface area contributed by atoms with Crippen LogP contribution < -0.4 is 10.2 Å². The van der Waals surface area contributed by atoms with E-state index in [0.717, 1.165) is 43.5 Å². The molecule has 8 heteroatoms. The number of anilines is 1. The molecule has 3 rings (SSSR count). The Hall–Kier alpha value is -2.90. The lowest BCUT2D eigenvalue weighted by Gasteiger charge is -2.30. The second-order valence-electron chi connectivity index (χ2n) is 7.99. The number of halogens is 5. The van der Waals surface area contributed by atoms with Crippen molar-refractivity contribution in [1.29, 1.82) is 0 Å². The van der Waals surface area contributed by atoms with Gasteiger partial charge in [0.1, 0.15) is 11.6 Å². The monoisotopic (exact) mass is 452 g/mol. The molecule has 2 aromatic rings. The number of benzene rings is 2. The summed E-state index contributed by atoms with van der Waals surface area (Å²) in [5, 5.41) is 2.62. The third-order valence-electron chi connectivity index (χ3n) is 5.63. The van der Waals surface area contributed by atoms with Crippen molar-refractivity contribution in [2.75, 3.05) is 18.0 Å². The molecule has 0 aliphatic carbocycles. The average molecular weight is 452 g/mol. The van der Waals surface area contributed by atoms with Crippen LogP contribution in [0.4, 0.5) is 27.6 Å². The van der Waals surface area contributed by atoms with Crippen LogP contribution in [-0.2, 0) is 11.0 Å². The molecule has 0 saturated carbocycles. The molecular weight excluding hydrogens is 427 g/mol. The molecule has 1 atom stereocenters. The minimum absolute atomic E-state index is 0.0975. The first-order valence-corrected chi connectivity index (χ1v) is 10.5. The van der Waals surface area contributed by atoms with Gasteiger partial charge in [0.05, 0.1) is 11.6 Å². The highest BCUT2D eigenvalue weighted by atomic mass is 19.4. The van der Waals surface area contributed by atoms with E-state index in [9.17, 15) is 26.7 Å². The number of amides is 1. The lowest BCUT2D eigenvalue weighted by molar-refractivity contribution is -0.137. The number of hydrogen-bond acceptors (Lipinski definition) is 2. The van der Waals surface area contributed by atoms with E-state index in [0.29, 0.717) is 24.3 Å². The van der Waals surface area contributed by atoms with Crippen LogP contribution in [0.1, 0.15) is 54.5 Å². The van der Waals surface area contributed by atoms with Crippen molar-refractivity contribution in [2.24, 2.45) is 0 Å². The number of carbonyl (C=O) groups excluding carboxylic acids is 1. The zero-order chi connectivity index (χ0) is 23.5. The summed E-state index contributed by atoms with van der Waals surface area (Å²) >= 11 is 0. The van der Waals surface area contributed by atoms with Gasteiger partial charge in [-0.3, -0.25) is 4.79 Å². The maximum Gasteiger partial charge on any atom is 0.416 e.